The van der Waals surface area contributed by atoms with E-state index in [2.05, 4.69) is 10.3 Å². The molecular weight excluding hydrogens is 446 g/mol. The quantitative estimate of drug-likeness (QED) is 0.426. The first-order valence-electron chi connectivity index (χ1n) is 8.65. The summed E-state index contributed by atoms with van der Waals surface area (Å²) in [7, 11) is 0. The van der Waals surface area contributed by atoms with Gasteiger partial charge in [0.05, 0.1) is 33.1 Å². The topological polar surface area (TPSA) is 46.9 Å². The smallest absolute Gasteiger partial charge is 0.324 e. The highest BCUT2D eigenvalue weighted by Gasteiger charge is 2.34. The maximum atomic E-state index is 13.2. The molecule has 1 amide bonds. The van der Waals surface area contributed by atoms with Crippen molar-refractivity contribution in [1.29, 1.82) is 0 Å². The van der Waals surface area contributed by atoms with Crippen molar-refractivity contribution in [3.05, 3.63) is 52.0 Å². The normalized spacial score (nSPS) is 11.8. The van der Waals surface area contributed by atoms with Gasteiger partial charge in [-0.05, 0) is 36.8 Å². The van der Waals surface area contributed by atoms with E-state index in [0.29, 0.717) is 22.2 Å². The van der Waals surface area contributed by atoms with Crippen molar-refractivity contribution >= 4 is 57.6 Å². The number of aromatic nitrogens is 2. The molecule has 0 atom stereocenters. The number of benzene rings is 2. The van der Waals surface area contributed by atoms with E-state index in [1.807, 2.05) is 17.6 Å². The molecule has 0 aliphatic rings. The van der Waals surface area contributed by atoms with Gasteiger partial charge in [0.2, 0.25) is 5.91 Å². The van der Waals surface area contributed by atoms with Gasteiger partial charge in [0.25, 0.3) is 0 Å². The molecule has 0 spiro atoms. The van der Waals surface area contributed by atoms with Gasteiger partial charge in [0, 0.05) is 11.6 Å². The van der Waals surface area contributed by atoms with Gasteiger partial charge >= 0.3 is 6.18 Å². The highest BCUT2D eigenvalue weighted by Crippen LogP contribution is 2.38. The Bertz CT molecular complexity index is 1050. The summed E-state index contributed by atoms with van der Waals surface area (Å²) in [6.07, 6.45) is -3.78. The molecule has 1 aromatic heterocycles. The molecule has 2 aromatic carbocycles. The van der Waals surface area contributed by atoms with Gasteiger partial charge in [-0.3, -0.25) is 4.79 Å². The van der Waals surface area contributed by atoms with Gasteiger partial charge in [-0.1, -0.05) is 48.0 Å². The van der Waals surface area contributed by atoms with Gasteiger partial charge in [-0.15, -0.1) is 0 Å². The number of fused-ring (bicyclic) bond motifs is 1. The fourth-order valence-corrected chi connectivity index (χ4v) is 4.05. The third-order valence-electron chi connectivity index (χ3n) is 4.04. The minimum Gasteiger partial charge on any atom is -0.324 e. The zero-order chi connectivity index (χ0) is 21.2. The summed E-state index contributed by atoms with van der Waals surface area (Å²) in [4.78, 5) is 16.8. The van der Waals surface area contributed by atoms with E-state index in [-0.39, 0.29) is 10.8 Å². The standard InChI is InChI=1S/C19H16Cl2F3N3OS/c1-2-8-27-15-7-6-11(20)9-14(15)25-18(27)29-10-16(28)26-17-12(19(22,23)24)4-3-5-13(17)21/h3-7,9H,2,8,10H2,1H3,(H,26,28). The predicted molar refractivity (Wildman–Crippen MR) is 111 cm³/mol. The molecule has 154 valence electrons. The van der Waals surface area contributed by atoms with Crippen LogP contribution in [-0.2, 0) is 17.5 Å². The molecular formula is C19H16Cl2F3N3OS. The number of carbonyl (C=O) groups is 1. The van der Waals surface area contributed by atoms with E-state index >= 15 is 0 Å². The molecule has 0 radical (unpaired) electrons. The molecule has 4 nitrogen and oxygen atoms in total. The van der Waals surface area contributed by atoms with Crippen LogP contribution in [-0.4, -0.2) is 21.2 Å². The monoisotopic (exact) mass is 461 g/mol. The van der Waals surface area contributed by atoms with Crippen LogP contribution in [0.1, 0.15) is 18.9 Å². The maximum absolute atomic E-state index is 13.2. The number of carbonyl (C=O) groups excluding carboxylic acids is 1. The second kappa shape index (κ2) is 8.85. The van der Waals surface area contributed by atoms with Crippen LogP contribution in [0.4, 0.5) is 18.9 Å². The van der Waals surface area contributed by atoms with E-state index in [4.69, 9.17) is 23.2 Å². The van der Waals surface area contributed by atoms with Gasteiger partial charge in [0.15, 0.2) is 5.16 Å². The Morgan fingerprint density at radius 2 is 2.00 bits per heavy atom. The average Bonchev–Trinajstić information content (AvgIpc) is 2.97. The van der Waals surface area contributed by atoms with Crippen LogP contribution >= 0.6 is 35.0 Å². The molecule has 0 saturated heterocycles. The molecule has 1 N–H and O–H groups in total. The van der Waals surface area contributed by atoms with Crippen molar-refractivity contribution in [2.75, 3.05) is 11.1 Å². The van der Waals surface area contributed by atoms with Crippen LogP contribution in [0, 0.1) is 0 Å². The number of rotatable bonds is 6. The van der Waals surface area contributed by atoms with Crippen molar-refractivity contribution in [2.24, 2.45) is 0 Å². The van der Waals surface area contributed by atoms with Gasteiger partial charge in [-0.2, -0.15) is 13.2 Å². The molecule has 3 rings (SSSR count). The molecule has 0 unspecified atom stereocenters. The second-order valence-electron chi connectivity index (χ2n) is 6.18. The summed E-state index contributed by atoms with van der Waals surface area (Å²) >= 11 is 13.0. The maximum Gasteiger partial charge on any atom is 0.418 e. The Hall–Kier alpha value is -1.90. The summed E-state index contributed by atoms with van der Waals surface area (Å²) < 4.78 is 41.5. The zero-order valence-corrected chi connectivity index (χ0v) is 17.5. The predicted octanol–water partition coefficient (Wildman–Crippen LogP) is 6.50. The van der Waals surface area contributed by atoms with E-state index in [1.54, 1.807) is 12.1 Å². The van der Waals surface area contributed by atoms with Gasteiger partial charge in [0.1, 0.15) is 0 Å². The van der Waals surface area contributed by atoms with Crippen molar-refractivity contribution in [1.82, 2.24) is 9.55 Å². The number of hydrogen-bond acceptors (Lipinski definition) is 3. The fraction of sp³-hybridized carbons (Fsp3) is 0.263. The first-order valence-corrected chi connectivity index (χ1v) is 10.4. The lowest BCUT2D eigenvalue weighted by Gasteiger charge is -2.15. The number of aryl methyl sites for hydroxylation is 1. The Kier molecular flexibility index (Phi) is 6.65. The van der Waals surface area contributed by atoms with Crippen LogP contribution < -0.4 is 5.32 Å². The molecule has 0 aliphatic carbocycles. The number of amides is 1. The highest BCUT2D eigenvalue weighted by atomic mass is 35.5. The summed E-state index contributed by atoms with van der Waals surface area (Å²) in [6.45, 7) is 2.70. The molecule has 0 fully saturated rings. The van der Waals surface area contributed by atoms with Crippen molar-refractivity contribution in [3.63, 3.8) is 0 Å². The molecule has 0 bridgehead atoms. The van der Waals surface area contributed by atoms with Crippen LogP contribution in [0.5, 0.6) is 0 Å². The highest BCUT2D eigenvalue weighted by molar-refractivity contribution is 7.99. The molecule has 0 aliphatic heterocycles. The number of halogens is 5. The lowest BCUT2D eigenvalue weighted by Crippen LogP contribution is -2.19. The van der Waals surface area contributed by atoms with Gasteiger partial charge in [-0.25, -0.2) is 4.98 Å². The Balaban J connectivity index is 1.79. The van der Waals surface area contributed by atoms with Crippen molar-refractivity contribution in [3.8, 4) is 0 Å². The molecule has 1 heterocycles. The lowest BCUT2D eigenvalue weighted by molar-refractivity contribution is -0.137. The van der Waals surface area contributed by atoms with E-state index in [0.717, 1.165) is 29.8 Å². The first kappa shape index (κ1) is 21.8. The first-order chi connectivity index (χ1) is 13.7. The number of nitrogens with zero attached hydrogens (tertiary/aromatic N) is 2. The largest absolute Gasteiger partial charge is 0.418 e. The van der Waals surface area contributed by atoms with E-state index in [9.17, 15) is 18.0 Å². The van der Waals surface area contributed by atoms with Gasteiger partial charge < -0.3 is 9.88 Å². The number of para-hydroxylation sites is 1. The summed E-state index contributed by atoms with van der Waals surface area (Å²) in [6, 6.07) is 8.70. The second-order valence-corrected chi connectivity index (χ2v) is 7.96. The Morgan fingerprint density at radius 1 is 1.24 bits per heavy atom. The molecule has 10 heteroatoms. The minimum absolute atomic E-state index is 0.122. The average molecular weight is 462 g/mol. The third-order valence-corrected chi connectivity index (χ3v) is 5.56. The number of imidazole rings is 1. The van der Waals surface area contributed by atoms with Crippen molar-refractivity contribution in [2.45, 2.75) is 31.2 Å². The van der Waals surface area contributed by atoms with E-state index in [1.165, 1.54) is 12.1 Å². The molecule has 0 saturated carbocycles. The van der Waals surface area contributed by atoms with Crippen molar-refractivity contribution < 1.29 is 18.0 Å². The minimum atomic E-state index is -4.63. The number of alkyl halides is 3. The molecule has 3 aromatic rings. The number of hydrogen-bond donors (Lipinski definition) is 1. The molecule has 29 heavy (non-hydrogen) atoms. The summed E-state index contributed by atoms with van der Waals surface area (Å²) in [5.41, 5.74) is 0.140. The summed E-state index contributed by atoms with van der Waals surface area (Å²) in [5.74, 6) is -0.731. The Labute approximate surface area is 179 Å². The third kappa shape index (κ3) is 4.99. The summed E-state index contributed by atoms with van der Waals surface area (Å²) in [5, 5.41) is 3.24. The fourth-order valence-electron chi connectivity index (χ4n) is 2.82. The van der Waals surface area contributed by atoms with E-state index < -0.39 is 23.3 Å². The SMILES string of the molecule is CCCn1c(SCC(=O)Nc2c(Cl)cccc2C(F)(F)F)nc2cc(Cl)ccc21. The Morgan fingerprint density at radius 3 is 2.69 bits per heavy atom. The number of anilines is 1. The number of nitrogens with one attached hydrogen (secondary N) is 1. The van der Waals surface area contributed by atoms with Crippen LogP contribution in [0.25, 0.3) is 11.0 Å². The van der Waals surface area contributed by atoms with Crippen LogP contribution in [0.2, 0.25) is 10.0 Å². The van der Waals surface area contributed by atoms with Crippen LogP contribution in [0.15, 0.2) is 41.6 Å². The number of thioether (sulfide) groups is 1. The lowest BCUT2D eigenvalue weighted by atomic mass is 10.1. The zero-order valence-electron chi connectivity index (χ0n) is 15.2. The van der Waals surface area contributed by atoms with Crippen LogP contribution in [0.3, 0.4) is 0 Å².